The number of aryl methyl sites for hydroxylation is 2. The van der Waals surface area contributed by atoms with Gasteiger partial charge in [-0.3, -0.25) is 13.9 Å². The summed E-state index contributed by atoms with van der Waals surface area (Å²) in [4.78, 5) is 30.0. The Morgan fingerprint density at radius 3 is 2.15 bits per heavy atom. The number of benzene rings is 4. The first-order valence-electron chi connectivity index (χ1n) is 15.6. The molecular formula is C37H43N3O5S. The highest BCUT2D eigenvalue weighted by atomic mass is 32.2. The molecule has 0 saturated carbocycles. The standard InChI is InChI=1S/C37H43N3O5S/c1-5-23-38-37(42)34(25-30-14-8-7-9-15-30)39(26-31-16-12-13-29(4)24-31)36(41)27-40(33-17-10-11-18-35(33)45-6-2)46(43,44)32-21-19-28(3)20-22-32/h7-22,24,34H,5-6,23,25-27H2,1-4H3,(H,38,42). The maximum absolute atomic E-state index is 14.6. The molecule has 46 heavy (non-hydrogen) atoms. The second kappa shape index (κ2) is 16.1. The third-order valence-electron chi connectivity index (χ3n) is 7.58. The largest absolute Gasteiger partial charge is 0.492 e. The van der Waals surface area contributed by atoms with Crippen LogP contribution in [0.2, 0.25) is 0 Å². The Balaban J connectivity index is 1.83. The number of para-hydroxylation sites is 2. The van der Waals surface area contributed by atoms with Crippen LogP contribution in [0.3, 0.4) is 0 Å². The number of ether oxygens (including phenoxy) is 1. The topological polar surface area (TPSA) is 96.0 Å². The molecule has 0 fully saturated rings. The fraction of sp³-hybridized carbons (Fsp3) is 0.297. The second-order valence-electron chi connectivity index (χ2n) is 11.2. The quantitative estimate of drug-likeness (QED) is 0.170. The van der Waals surface area contributed by atoms with Gasteiger partial charge in [0.15, 0.2) is 0 Å². The van der Waals surface area contributed by atoms with Gasteiger partial charge in [-0.1, -0.05) is 96.9 Å². The van der Waals surface area contributed by atoms with Gasteiger partial charge in [-0.05, 0) is 62.6 Å². The number of carbonyl (C=O) groups excluding carboxylic acids is 2. The van der Waals surface area contributed by atoms with Crippen LogP contribution in [0, 0.1) is 13.8 Å². The molecule has 0 aliphatic rings. The van der Waals surface area contributed by atoms with Crippen LogP contribution in [0.4, 0.5) is 5.69 Å². The summed E-state index contributed by atoms with van der Waals surface area (Å²) in [6.07, 6.45) is 0.987. The van der Waals surface area contributed by atoms with E-state index in [1.807, 2.05) is 82.3 Å². The summed E-state index contributed by atoms with van der Waals surface area (Å²) in [6.45, 7) is 7.94. The number of anilines is 1. The minimum Gasteiger partial charge on any atom is -0.492 e. The van der Waals surface area contributed by atoms with Gasteiger partial charge in [0.1, 0.15) is 18.3 Å². The van der Waals surface area contributed by atoms with E-state index in [2.05, 4.69) is 5.32 Å². The van der Waals surface area contributed by atoms with Crippen molar-refractivity contribution < 1.29 is 22.7 Å². The number of amides is 2. The van der Waals surface area contributed by atoms with Crippen LogP contribution in [-0.2, 0) is 32.6 Å². The Morgan fingerprint density at radius 1 is 0.804 bits per heavy atom. The lowest BCUT2D eigenvalue weighted by molar-refractivity contribution is -0.140. The molecule has 0 aliphatic heterocycles. The first kappa shape index (κ1) is 34.2. The Morgan fingerprint density at radius 2 is 1.48 bits per heavy atom. The van der Waals surface area contributed by atoms with Crippen molar-refractivity contribution in [2.45, 2.75) is 58.0 Å². The number of nitrogens with zero attached hydrogens (tertiary/aromatic N) is 2. The zero-order valence-corrected chi connectivity index (χ0v) is 27.8. The summed E-state index contributed by atoms with van der Waals surface area (Å²) < 4.78 is 35.6. The molecule has 2 amide bonds. The van der Waals surface area contributed by atoms with Crippen LogP contribution in [-0.4, -0.2) is 50.9 Å². The highest BCUT2D eigenvalue weighted by molar-refractivity contribution is 7.92. The smallest absolute Gasteiger partial charge is 0.264 e. The van der Waals surface area contributed by atoms with Gasteiger partial charge in [0.25, 0.3) is 10.0 Å². The van der Waals surface area contributed by atoms with Crippen molar-refractivity contribution >= 4 is 27.5 Å². The molecule has 8 nitrogen and oxygen atoms in total. The number of carbonyl (C=O) groups is 2. The molecule has 242 valence electrons. The lowest BCUT2D eigenvalue weighted by Crippen LogP contribution is -2.53. The van der Waals surface area contributed by atoms with Crippen molar-refractivity contribution in [3.8, 4) is 5.75 Å². The van der Waals surface area contributed by atoms with Crippen LogP contribution in [0.25, 0.3) is 0 Å². The third kappa shape index (κ3) is 8.75. The molecule has 0 bridgehead atoms. The minimum atomic E-state index is -4.23. The van der Waals surface area contributed by atoms with E-state index < -0.39 is 28.5 Å². The SMILES string of the molecule is CCCNC(=O)C(Cc1ccccc1)N(Cc1cccc(C)c1)C(=O)CN(c1ccccc1OCC)S(=O)(=O)c1ccc(C)cc1. The summed E-state index contributed by atoms with van der Waals surface area (Å²) in [5, 5.41) is 2.97. The van der Waals surface area contributed by atoms with Crippen molar-refractivity contribution in [3.63, 3.8) is 0 Å². The normalized spacial score (nSPS) is 11.8. The van der Waals surface area contributed by atoms with E-state index in [4.69, 9.17) is 4.74 Å². The molecule has 1 atom stereocenters. The molecule has 4 rings (SSSR count). The van der Waals surface area contributed by atoms with E-state index in [1.54, 1.807) is 36.4 Å². The van der Waals surface area contributed by atoms with Crippen molar-refractivity contribution in [1.82, 2.24) is 10.2 Å². The van der Waals surface area contributed by atoms with E-state index >= 15 is 0 Å². The summed E-state index contributed by atoms with van der Waals surface area (Å²) in [7, 11) is -4.23. The second-order valence-corrected chi connectivity index (χ2v) is 13.1. The molecule has 0 radical (unpaired) electrons. The molecule has 0 saturated heterocycles. The van der Waals surface area contributed by atoms with Gasteiger partial charge < -0.3 is 15.0 Å². The number of nitrogens with one attached hydrogen (secondary N) is 1. The molecule has 4 aromatic carbocycles. The van der Waals surface area contributed by atoms with Crippen molar-refractivity contribution in [1.29, 1.82) is 0 Å². The predicted octanol–water partition coefficient (Wildman–Crippen LogP) is 6.06. The lowest BCUT2D eigenvalue weighted by atomic mass is 10.0. The number of hydrogen-bond acceptors (Lipinski definition) is 5. The fourth-order valence-electron chi connectivity index (χ4n) is 5.22. The monoisotopic (exact) mass is 641 g/mol. The van der Waals surface area contributed by atoms with Crippen LogP contribution in [0.5, 0.6) is 5.75 Å². The van der Waals surface area contributed by atoms with Crippen molar-refractivity contribution in [2.75, 3.05) is 24.0 Å². The summed E-state index contributed by atoms with van der Waals surface area (Å²) in [5.74, 6) is -0.481. The number of sulfonamides is 1. The molecule has 0 heterocycles. The Kier molecular flexibility index (Phi) is 12.0. The summed E-state index contributed by atoms with van der Waals surface area (Å²) in [6, 6.07) is 29.7. The number of rotatable bonds is 15. The molecule has 9 heteroatoms. The van der Waals surface area contributed by atoms with E-state index in [1.165, 1.54) is 17.0 Å². The van der Waals surface area contributed by atoms with Gasteiger partial charge in [-0.15, -0.1) is 0 Å². The first-order chi connectivity index (χ1) is 22.1. The Labute approximate surface area is 273 Å². The highest BCUT2D eigenvalue weighted by Gasteiger charge is 2.35. The average molecular weight is 642 g/mol. The summed E-state index contributed by atoms with van der Waals surface area (Å²) in [5.41, 5.74) is 3.87. The van der Waals surface area contributed by atoms with Crippen molar-refractivity contribution in [3.05, 3.63) is 125 Å². The van der Waals surface area contributed by atoms with Crippen LogP contribution >= 0.6 is 0 Å². The average Bonchev–Trinajstić information content (AvgIpc) is 3.05. The van der Waals surface area contributed by atoms with Gasteiger partial charge in [0.05, 0.1) is 17.2 Å². The zero-order chi connectivity index (χ0) is 33.1. The summed E-state index contributed by atoms with van der Waals surface area (Å²) >= 11 is 0. The van der Waals surface area contributed by atoms with Gasteiger partial charge in [0, 0.05) is 19.5 Å². The highest BCUT2D eigenvalue weighted by Crippen LogP contribution is 2.33. The number of hydrogen-bond donors (Lipinski definition) is 1. The predicted molar refractivity (Wildman–Crippen MR) is 182 cm³/mol. The van der Waals surface area contributed by atoms with E-state index in [0.717, 1.165) is 33.0 Å². The van der Waals surface area contributed by atoms with Crippen LogP contribution in [0.15, 0.2) is 108 Å². The van der Waals surface area contributed by atoms with Crippen molar-refractivity contribution in [2.24, 2.45) is 0 Å². The van der Waals surface area contributed by atoms with Crippen LogP contribution in [0.1, 0.15) is 42.5 Å². The Hall–Kier alpha value is -4.63. The van der Waals surface area contributed by atoms with Crippen LogP contribution < -0.4 is 14.4 Å². The fourth-order valence-corrected chi connectivity index (χ4v) is 6.64. The molecular weight excluding hydrogens is 598 g/mol. The minimum absolute atomic E-state index is 0.0453. The molecule has 1 N–H and O–H groups in total. The van der Waals surface area contributed by atoms with E-state index in [0.29, 0.717) is 18.9 Å². The molecule has 0 aromatic heterocycles. The van der Waals surface area contributed by atoms with Gasteiger partial charge >= 0.3 is 0 Å². The van der Waals surface area contributed by atoms with E-state index in [9.17, 15) is 18.0 Å². The van der Waals surface area contributed by atoms with Gasteiger partial charge in [-0.25, -0.2) is 8.42 Å². The van der Waals surface area contributed by atoms with Gasteiger partial charge in [0.2, 0.25) is 11.8 Å². The molecule has 4 aromatic rings. The zero-order valence-electron chi connectivity index (χ0n) is 27.0. The van der Waals surface area contributed by atoms with E-state index in [-0.39, 0.29) is 29.5 Å². The molecule has 0 aliphatic carbocycles. The lowest BCUT2D eigenvalue weighted by Gasteiger charge is -2.34. The maximum atomic E-state index is 14.6. The van der Waals surface area contributed by atoms with Gasteiger partial charge in [-0.2, -0.15) is 0 Å². The maximum Gasteiger partial charge on any atom is 0.264 e. The first-order valence-corrected chi connectivity index (χ1v) is 17.1. The molecule has 0 spiro atoms. The molecule has 1 unspecified atom stereocenters. The Bertz CT molecular complexity index is 1710. The third-order valence-corrected chi connectivity index (χ3v) is 9.35.